The van der Waals surface area contributed by atoms with Crippen LogP contribution in [0.15, 0.2) is 96.4 Å². The summed E-state index contributed by atoms with van der Waals surface area (Å²) in [7, 11) is 0. The minimum atomic E-state index is -0.360. The third-order valence-electron chi connectivity index (χ3n) is 6.89. The van der Waals surface area contributed by atoms with E-state index in [9.17, 15) is 9.59 Å². The molecule has 0 aliphatic carbocycles. The fourth-order valence-corrected chi connectivity index (χ4v) is 5.57. The lowest BCUT2D eigenvalue weighted by atomic mass is 9.70. The number of rotatable bonds is 7. The normalized spacial score (nSPS) is 14.6. The van der Waals surface area contributed by atoms with Gasteiger partial charge in [0.25, 0.3) is 0 Å². The van der Waals surface area contributed by atoms with E-state index >= 15 is 0 Å². The second-order valence-electron chi connectivity index (χ2n) is 9.30. The minimum absolute atomic E-state index is 0.0714. The number of hydrogen-bond donors (Lipinski definition) is 1. The van der Waals surface area contributed by atoms with E-state index < -0.39 is 0 Å². The van der Waals surface area contributed by atoms with Crippen LogP contribution in [-0.2, 0) is 21.6 Å². The van der Waals surface area contributed by atoms with Crippen LogP contribution < -0.4 is 5.32 Å². The molecule has 0 atom stereocenters. The SMILES string of the molecule is O=C(CC1(c2ccccc2)CCN(C(=O)OCc2ccccc2)CC1)Nc1nc(-c2ccccc2)cs1. The number of amides is 2. The van der Waals surface area contributed by atoms with Crippen LogP contribution >= 0.6 is 11.3 Å². The summed E-state index contributed by atoms with van der Waals surface area (Å²) in [6, 6.07) is 29.7. The Balaban J connectivity index is 1.23. The molecule has 5 rings (SSSR count). The van der Waals surface area contributed by atoms with Gasteiger partial charge in [0, 0.05) is 35.9 Å². The van der Waals surface area contributed by atoms with Gasteiger partial charge in [0.2, 0.25) is 5.91 Å². The molecule has 0 spiro atoms. The Morgan fingerprint density at radius 1 is 0.892 bits per heavy atom. The van der Waals surface area contributed by atoms with Crippen LogP contribution in [0.1, 0.15) is 30.4 Å². The number of anilines is 1. The smallest absolute Gasteiger partial charge is 0.410 e. The van der Waals surface area contributed by atoms with E-state index in [-0.39, 0.29) is 24.0 Å². The van der Waals surface area contributed by atoms with Crippen molar-refractivity contribution in [3.63, 3.8) is 0 Å². The highest BCUT2D eigenvalue weighted by Gasteiger charge is 2.39. The van der Waals surface area contributed by atoms with Crippen LogP contribution in [0.2, 0.25) is 0 Å². The van der Waals surface area contributed by atoms with Gasteiger partial charge in [0.15, 0.2) is 5.13 Å². The number of ether oxygens (including phenoxy) is 1. The third kappa shape index (κ3) is 6.06. The van der Waals surface area contributed by atoms with Crippen LogP contribution in [0.5, 0.6) is 0 Å². The highest BCUT2D eigenvalue weighted by molar-refractivity contribution is 7.14. The first-order valence-electron chi connectivity index (χ1n) is 12.4. The molecule has 2 amide bonds. The summed E-state index contributed by atoms with van der Waals surface area (Å²) in [4.78, 5) is 32.3. The summed E-state index contributed by atoms with van der Waals surface area (Å²) in [5.41, 5.74) is 3.58. The molecule has 1 aliphatic rings. The van der Waals surface area contributed by atoms with Crippen molar-refractivity contribution in [2.75, 3.05) is 18.4 Å². The largest absolute Gasteiger partial charge is 0.445 e. The molecular weight excluding hydrogens is 482 g/mol. The van der Waals surface area contributed by atoms with E-state index in [1.165, 1.54) is 11.3 Å². The van der Waals surface area contributed by atoms with Gasteiger partial charge in [-0.15, -0.1) is 11.3 Å². The van der Waals surface area contributed by atoms with Gasteiger partial charge in [-0.25, -0.2) is 9.78 Å². The fourth-order valence-electron chi connectivity index (χ4n) is 4.83. The monoisotopic (exact) mass is 511 g/mol. The zero-order valence-electron chi connectivity index (χ0n) is 20.5. The van der Waals surface area contributed by atoms with Gasteiger partial charge in [0.05, 0.1) is 5.69 Å². The Morgan fingerprint density at radius 3 is 2.19 bits per heavy atom. The van der Waals surface area contributed by atoms with Gasteiger partial charge in [-0.3, -0.25) is 4.79 Å². The maximum atomic E-state index is 13.2. The number of nitrogens with one attached hydrogen (secondary N) is 1. The van der Waals surface area contributed by atoms with Crippen molar-refractivity contribution in [2.24, 2.45) is 0 Å². The van der Waals surface area contributed by atoms with E-state index in [0.717, 1.165) is 22.4 Å². The van der Waals surface area contributed by atoms with Crippen molar-refractivity contribution in [2.45, 2.75) is 31.3 Å². The molecule has 1 saturated heterocycles. The minimum Gasteiger partial charge on any atom is -0.445 e. The van der Waals surface area contributed by atoms with Crippen molar-refractivity contribution < 1.29 is 14.3 Å². The van der Waals surface area contributed by atoms with E-state index in [1.54, 1.807) is 4.90 Å². The predicted octanol–water partition coefficient (Wildman–Crippen LogP) is 6.51. The molecule has 188 valence electrons. The first-order valence-corrected chi connectivity index (χ1v) is 13.3. The Kier molecular flexibility index (Phi) is 7.61. The maximum absolute atomic E-state index is 13.2. The highest BCUT2D eigenvalue weighted by atomic mass is 32.1. The molecule has 1 aliphatic heterocycles. The molecule has 1 N–H and O–H groups in total. The van der Waals surface area contributed by atoms with Crippen molar-refractivity contribution in [3.05, 3.63) is 108 Å². The second-order valence-corrected chi connectivity index (χ2v) is 10.2. The molecule has 0 unspecified atom stereocenters. The summed E-state index contributed by atoms with van der Waals surface area (Å²) < 4.78 is 5.54. The van der Waals surface area contributed by atoms with Crippen LogP contribution in [0.25, 0.3) is 11.3 Å². The summed E-state index contributed by atoms with van der Waals surface area (Å²) in [5.74, 6) is -0.0714. The number of piperidine rings is 1. The molecular formula is C30H29N3O3S. The van der Waals surface area contributed by atoms with Gasteiger partial charge in [0.1, 0.15) is 6.61 Å². The van der Waals surface area contributed by atoms with Gasteiger partial charge in [-0.1, -0.05) is 91.0 Å². The lowest BCUT2D eigenvalue weighted by molar-refractivity contribution is -0.117. The Morgan fingerprint density at radius 2 is 1.51 bits per heavy atom. The van der Waals surface area contributed by atoms with Crippen molar-refractivity contribution in [3.8, 4) is 11.3 Å². The molecule has 1 aromatic heterocycles. The predicted molar refractivity (Wildman–Crippen MR) is 146 cm³/mol. The fraction of sp³-hybridized carbons (Fsp3) is 0.233. The zero-order chi connectivity index (χ0) is 25.5. The molecule has 0 saturated carbocycles. The molecule has 4 aromatic rings. The van der Waals surface area contributed by atoms with Crippen LogP contribution in [-0.4, -0.2) is 35.0 Å². The Hall–Kier alpha value is -3.97. The first-order chi connectivity index (χ1) is 18.1. The molecule has 3 aromatic carbocycles. The highest BCUT2D eigenvalue weighted by Crippen LogP contribution is 2.39. The Bertz CT molecular complexity index is 1320. The quantitative estimate of drug-likeness (QED) is 0.307. The van der Waals surface area contributed by atoms with E-state index in [4.69, 9.17) is 4.74 Å². The number of benzene rings is 3. The summed E-state index contributed by atoms with van der Waals surface area (Å²) in [5, 5.41) is 5.56. The average molecular weight is 512 g/mol. The van der Waals surface area contributed by atoms with Gasteiger partial charge in [-0.2, -0.15) is 0 Å². The molecule has 0 bridgehead atoms. The summed E-state index contributed by atoms with van der Waals surface area (Å²) in [6.07, 6.45) is 1.37. The summed E-state index contributed by atoms with van der Waals surface area (Å²) >= 11 is 1.42. The molecule has 37 heavy (non-hydrogen) atoms. The van der Waals surface area contributed by atoms with Crippen LogP contribution in [0.4, 0.5) is 9.93 Å². The van der Waals surface area contributed by atoms with Gasteiger partial charge >= 0.3 is 6.09 Å². The van der Waals surface area contributed by atoms with Gasteiger partial charge in [-0.05, 0) is 24.0 Å². The van der Waals surface area contributed by atoms with E-state index in [1.807, 2.05) is 84.2 Å². The number of aromatic nitrogens is 1. The lowest BCUT2D eigenvalue weighted by Crippen LogP contribution is -2.46. The molecule has 1 fully saturated rings. The maximum Gasteiger partial charge on any atom is 0.410 e. The van der Waals surface area contributed by atoms with E-state index in [0.29, 0.717) is 37.5 Å². The van der Waals surface area contributed by atoms with Crippen LogP contribution in [0, 0.1) is 0 Å². The number of nitrogens with zero attached hydrogens (tertiary/aromatic N) is 2. The second kappa shape index (κ2) is 11.4. The van der Waals surface area contributed by atoms with Crippen LogP contribution in [0.3, 0.4) is 0 Å². The standard InChI is InChI=1S/C30H29N3O3S/c34-27(32-28-31-26(22-37-28)24-12-6-2-7-13-24)20-30(25-14-8-3-9-15-25)16-18-33(19-17-30)29(35)36-21-23-10-4-1-5-11-23/h1-15,22H,16-21H2,(H,31,32,34). The number of carbonyl (C=O) groups is 2. The molecule has 0 radical (unpaired) electrons. The first kappa shape index (κ1) is 24.7. The number of likely N-dealkylation sites (tertiary alicyclic amines) is 1. The number of thiazole rings is 1. The van der Waals surface area contributed by atoms with Crippen molar-refractivity contribution in [1.29, 1.82) is 0 Å². The molecule has 6 nitrogen and oxygen atoms in total. The Labute approximate surface area is 220 Å². The molecule has 7 heteroatoms. The molecule has 2 heterocycles. The zero-order valence-corrected chi connectivity index (χ0v) is 21.3. The summed E-state index contributed by atoms with van der Waals surface area (Å²) in [6.45, 7) is 1.32. The van der Waals surface area contributed by atoms with Gasteiger partial charge < -0.3 is 15.0 Å². The average Bonchev–Trinajstić information content (AvgIpc) is 3.42. The third-order valence-corrected chi connectivity index (χ3v) is 7.65. The number of hydrogen-bond acceptors (Lipinski definition) is 5. The van der Waals surface area contributed by atoms with E-state index in [2.05, 4.69) is 22.4 Å². The topological polar surface area (TPSA) is 71.5 Å². The van der Waals surface area contributed by atoms with Crippen molar-refractivity contribution >= 4 is 28.5 Å². The van der Waals surface area contributed by atoms with Crippen molar-refractivity contribution in [1.82, 2.24) is 9.88 Å². The number of carbonyl (C=O) groups excluding carboxylic acids is 2. The lowest BCUT2D eigenvalue weighted by Gasteiger charge is -2.41.